The number of hydrogen-bond acceptors (Lipinski definition) is 4. The van der Waals surface area contributed by atoms with Crippen molar-refractivity contribution >= 4 is 10.0 Å². The third kappa shape index (κ3) is 2.31. The molecule has 7 heteroatoms. The molecule has 1 fully saturated rings. The number of sulfonamides is 1. The molecule has 1 atom stereocenters. The Hall–Kier alpha value is -1.05. The molecule has 0 unspecified atom stereocenters. The van der Waals surface area contributed by atoms with E-state index in [-0.39, 0.29) is 6.04 Å². The molecule has 2 heterocycles. The van der Waals surface area contributed by atoms with Gasteiger partial charge in [0.05, 0.1) is 0 Å². The van der Waals surface area contributed by atoms with Gasteiger partial charge in [-0.3, -0.25) is 0 Å². The van der Waals surface area contributed by atoms with Crippen molar-refractivity contribution in [2.24, 2.45) is 0 Å². The summed E-state index contributed by atoms with van der Waals surface area (Å²) in [7, 11) is -3.83. The topological polar surface area (TPSA) is 62.3 Å². The standard InChI is InChI=1S/C10H14FN3O2S/c1-8-7-12-5-6-14(8)17(15,16)10-9(11)3-2-4-13-10/h2-4,8,12H,5-7H2,1H3/t8-/m1/s1. The summed E-state index contributed by atoms with van der Waals surface area (Å²) < 4.78 is 39.2. The van der Waals surface area contributed by atoms with Crippen LogP contribution in [0.2, 0.25) is 0 Å². The van der Waals surface area contributed by atoms with Crippen LogP contribution in [0.1, 0.15) is 6.92 Å². The molecule has 1 aromatic heterocycles. The van der Waals surface area contributed by atoms with Crippen LogP contribution < -0.4 is 5.32 Å². The molecule has 94 valence electrons. The third-order valence-electron chi connectivity index (χ3n) is 2.72. The summed E-state index contributed by atoms with van der Waals surface area (Å²) in [5.41, 5.74) is 0. The number of piperazine rings is 1. The van der Waals surface area contributed by atoms with Gasteiger partial charge < -0.3 is 5.32 Å². The molecular weight excluding hydrogens is 245 g/mol. The van der Waals surface area contributed by atoms with E-state index < -0.39 is 20.9 Å². The van der Waals surface area contributed by atoms with Crippen molar-refractivity contribution in [2.45, 2.75) is 18.0 Å². The van der Waals surface area contributed by atoms with Crippen LogP contribution >= 0.6 is 0 Å². The fourth-order valence-electron chi connectivity index (χ4n) is 1.85. The molecule has 17 heavy (non-hydrogen) atoms. The number of hydrogen-bond donors (Lipinski definition) is 1. The van der Waals surface area contributed by atoms with Crippen LogP contribution in [0.15, 0.2) is 23.4 Å². The van der Waals surface area contributed by atoms with Crippen molar-refractivity contribution in [3.8, 4) is 0 Å². The first kappa shape index (κ1) is 12.4. The maximum absolute atomic E-state index is 13.5. The van der Waals surface area contributed by atoms with Crippen molar-refractivity contribution in [1.82, 2.24) is 14.6 Å². The normalized spacial score (nSPS) is 22.6. The van der Waals surface area contributed by atoms with Crippen molar-refractivity contribution < 1.29 is 12.8 Å². The second kappa shape index (κ2) is 4.67. The maximum Gasteiger partial charge on any atom is 0.263 e. The molecule has 1 aliphatic heterocycles. The largest absolute Gasteiger partial charge is 0.314 e. The van der Waals surface area contributed by atoms with Crippen LogP contribution in [0, 0.1) is 5.82 Å². The maximum atomic E-state index is 13.5. The van der Waals surface area contributed by atoms with Gasteiger partial charge in [0, 0.05) is 31.9 Å². The first-order chi connectivity index (χ1) is 8.03. The van der Waals surface area contributed by atoms with Crippen LogP contribution in [-0.2, 0) is 10.0 Å². The molecular formula is C10H14FN3O2S. The zero-order valence-electron chi connectivity index (χ0n) is 9.43. The minimum absolute atomic E-state index is 0.199. The van der Waals surface area contributed by atoms with E-state index in [0.717, 1.165) is 6.07 Å². The van der Waals surface area contributed by atoms with Gasteiger partial charge in [-0.15, -0.1) is 0 Å². The van der Waals surface area contributed by atoms with Crippen LogP contribution in [0.25, 0.3) is 0 Å². The highest BCUT2D eigenvalue weighted by Gasteiger charge is 2.33. The Morgan fingerprint density at radius 1 is 1.59 bits per heavy atom. The quantitative estimate of drug-likeness (QED) is 0.824. The molecule has 1 aromatic rings. The van der Waals surface area contributed by atoms with Gasteiger partial charge in [0.15, 0.2) is 5.82 Å². The number of rotatable bonds is 2. The molecule has 2 rings (SSSR count). The van der Waals surface area contributed by atoms with E-state index in [4.69, 9.17) is 0 Å². The van der Waals surface area contributed by atoms with Crippen molar-refractivity contribution in [3.05, 3.63) is 24.1 Å². The summed E-state index contributed by atoms with van der Waals surface area (Å²) in [5.74, 6) is -0.807. The van der Waals surface area contributed by atoms with Crippen LogP contribution in [0.4, 0.5) is 4.39 Å². The number of aromatic nitrogens is 1. The Kier molecular flexibility index (Phi) is 3.41. The van der Waals surface area contributed by atoms with Gasteiger partial charge in [0.1, 0.15) is 0 Å². The lowest BCUT2D eigenvalue weighted by molar-refractivity contribution is 0.282. The Morgan fingerprint density at radius 3 is 3.00 bits per heavy atom. The summed E-state index contributed by atoms with van der Waals surface area (Å²) >= 11 is 0. The van der Waals surface area contributed by atoms with Gasteiger partial charge >= 0.3 is 0 Å². The molecule has 0 spiro atoms. The second-order valence-electron chi connectivity index (χ2n) is 3.96. The highest BCUT2D eigenvalue weighted by molar-refractivity contribution is 7.89. The van der Waals surface area contributed by atoms with Gasteiger partial charge in [-0.2, -0.15) is 4.31 Å². The minimum Gasteiger partial charge on any atom is -0.314 e. The van der Waals surface area contributed by atoms with E-state index in [9.17, 15) is 12.8 Å². The summed E-state index contributed by atoms with van der Waals surface area (Å²) in [4.78, 5) is 3.63. The molecule has 0 radical (unpaired) electrons. The number of nitrogens with zero attached hydrogens (tertiary/aromatic N) is 2. The fourth-order valence-corrected chi connectivity index (χ4v) is 3.46. The molecule has 0 bridgehead atoms. The molecule has 1 aliphatic rings. The predicted molar refractivity (Wildman–Crippen MR) is 60.4 cm³/mol. The SMILES string of the molecule is C[C@@H]1CNCCN1S(=O)(=O)c1ncccc1F. The van der Waals surface area contributed by atoms with Gasteiger partial charge in [-0.25, -0.2) is 17.8 Å². The van der Waals surface area contributed by atoms with E-state index in [1.807, 2.05) is 0 Å². The number of pyridine rings is 1. The molecule has 1 saturated heterocycles. The first-order valence-corrected chi connectivity index (χ1v) is 6.80. The lowest BCUT2D eigenvalue weighted by atomic mass is 10.3. The zero-order chi connectivity index (χ0) is 12.5. The predicted octanol–water partition coefficient (Wildman–Crippen LogP) is 0.203. The zero-order valence-corrected chi connectivity index (χ0v) is 10.2. The van der Waals surface area contributed by atoms with Crippen LogP contribution in [0.5, 0.6) is 0 Å². The summed E-state index contributed by atoms with van der Waals surface area (Å²) in [6.07, 6.45) is 1.28. The first-order valence-electron chi connectivity index (χ1n) is 5.36. The lowest BCUT2D eigenvalue weighted by Crippen LogP contribution is -2.52. The smallest absolute Gasteiger partial charge is 0.263 e. The summed E-state index contributed by atoms with van der Waals surface area (Å²) in [6, 6.07) is 2.28. The fraction of sp³-hybridized carbons (Fsp3) is 0.500. The van der Waals surface area contributed by atoms with Gasteiger partial charge in [-0.05, 0) is 19.1 Å². The van der Waals surface area contributed by atoms with E-state index in [1.165, 1.54) is 16.6 Å². The van der Waals surface area contributed by atoms with Crippen molar-refractivity contribution in [1.29, 1.82) is 0 Å². The average molecular weight is 259 g/mol. The van der Waals surface area contributed by atoms with Gasteiger partial charge in [-0.1, -0.05) is 0 Å². The molecule has 1 N–H and O–H groups in total. The third-order valence-corrected chi connectivity index (χ3v) is 4.67. The van der Waals surface area contributed by atoms with Crippen LogP contribution in [-0.4, -0.2) is 43.4 Å². The van der Waals surface area contributed by atoms with E-state index in [0.29, 0.717) is 19.6 Å². The minimum atomic E-state index is -3.83. The highest BCUT2D eigenvalue weighted by atomic mass is 32.2. The molecule has 0 amide bonds. The Balaban J connectivity index is 2.39. The Labute approximate surface area is 99.7 Å². The van der Waals surface area contributed by atoms with Gasteiger partial charge in [0.2, 0.25) is 5.03 Å². The molecule has 5 nitrogen and oxygen atoms in total. The summed E-state index contributed by atoms with van der Waals surface area (Å²) in [5, 5.41) is 2.59. The van der Waals surface area contributed by atoms with Crippen molar-refractivity contribution in [3.63, 3.8) is 0 Å². The molecule has 0 aromatic carbocycles. The summed E-state index contributed by atoms with van der Waals surface area (Å²) in [6.45, 7) is 3.25. The monoisotopic (exact) mass is 259 g/mol. The van der Waals surface area contributed by atoms with E-state index in [2.05, 4.69) is 10.3 Å². The van der Waals surface area contributed by atoms with E-state index in [1.54, 1.807) is 6.92 Å². The molecule has 0 saturated carbocycles. The second-order valence-corrected chi connectivity index (χ2v) is 5.77. The van der Waals surface area contributed by atoms with Gasteiger partial charge in [0.25, 0.3) is 10.0 Å². The number of halogens is 1. The Bertz CT molecular complexity index is 506. The van der Waals surface area contributed by atoms with Crippen molar-refractivity contribution in [2.75, 3.05) is 19.6 Å². The lowest BCUT2D eigenvalue weighted by Gasteiger charge is -2.32. The number of nitrogens with one attached hydrogen (secondary N) is 1. The Morgan fingerprint density at radius 2 is 2.35 bits per heavy atom. The highest BCUT2D eigenvalue weighted by Crippen LogP contribution is 2.19. The average Bonchev–Trinajstić information content (AvgIpc) is 2.29. The van der Waals surface area contributed by atoms with Crippen LogP contribution in [0.3, 0.4) is 0 Å². The van der Waals surface area contributed by atoms with E-state index >= 15 is 0 Å². The molecule has 0 aliphatic carbocycles.